The number of aliphatic carboxylic acids is 1. The van der Waals surface area contributed by atoms with E-state index < -0.39 is 5.97 Å². The molecule has 5 nitrogen and oxygen atoms in total. The van der Waals surface area contributed by atoms with Gasteiger partial charge in [-0.1, -0.05) is 0 Å². The van der Waals surface area contributed by atoms with E-state index >= 15 is 0 Å². The summed E-state index contributed by atoms with van der Waals surface area (Å²) in [5, 5.41) is 11.7. The van der Waals surface area contributed by atoms with Crippen LogP contribution in [0.25, 0.3) is 0 Å². The number of amides is 2. The van der Waals surface area contributed by atoms with E-state index in [2.05, 4.69) is 5.32 Å². The number of thioether (sulfide) groups is 1. The van der Waals surface area contributed by atoms with Gasteiger partial charge >= 0.3 is 12.0 Å². The molecule has 1 aliphatic heterocycles. The van der Waals surface area contributed by atoms with Crippen LogP contribution in [0.5, 0.6) is 0 Å². The summed E-state index contributed by atoms with van der Waals surface area (Å²) in [6, 6.07) is 0.162. The molecule has 0 spiro atoms. The van der Waals surface area contributed by atoms with Crippen molar-refractivity contribution in [3.63, 3.8) is 0 Å². The Hall–Kier alpha value is -0.910. The van der Waals surface area contributed by atoms with E-state index in [9.17, 15) is 9.59 Å². The monoisotopic (exact) mass is 258 g/mol. The van der Waals surface area contributed by atoms with Crippen molar-refractivity contribution < 1.29 is 14.7 Å². The summed E-state index contributed by atoms with van der Waals surface area (Å²) >= 11 is 1.90. The number of carbonyl (C=O) groups excluding carboxylic acids is 1. The first-order valence-electron chi connectivity index (χ1n) is 6.03. The van der Waals surface area contributed by atoms with Gasteiger partial charge in [-0.2, -0.15) is 11.8 Å². The lowest BCUT2D eigenvalue weighted by molar-refractivity contribution is -0.137. The molecule has 0 bridgehead atoms. The molecule has 1 aliphatic carbocycles. The fourth-order valence-electron chi connectivity index (χ4n) is 2.00. The zero-order chi connectivity index (χ0) is 12.3. The number of rotatable bonds is 4. The standard InChI is InChI=1S/C11H18N2O3S/c14-10(15)7-13(9-1-2-9)11(16)12-8-3-5-17-6-4-8/h8-9H,1-7H2,(H,12,16)(H,14,15). The third-order valence-electron chi connectivity index (χ3n) is 3.10. The predicted molar refractivity (Wildman–Crippen MR) is 66.2 cm³/mol. The van der Waals surface area contributed by atoms with Crippen LogP contribution in [0.3, 0.4) is 0 Å². The van der Waals surface area contributed by atoms with Crippen molar-refractivity contribution >= 4 is 23.8 Å². The van der Waals surface area contributed by atoms with Gasteiger partial charge in [-0.25, -0.2) is 4.79 Å². The molecule has 0 radical (unpaired) electrons. The third-order valence-corrected chi connectivity index (χ3v) is 4.15. The van der Waals surface area contributed by atoms with E-state index in [1.54, 1.807) is 0 Å². The Kier molecular flexibility index (Phi) is 4.15. The Labute approximate surface area is 105 Å². The Morgan fingerprint density at radius 1 is 1.24 bits per heavy atom. The highest BCUT2D eigenvalue weighted by Crippen LogP contribution is 2.27. The molecule has 6 heteroatoms. The third kappa shape index (κ3) is 3.80. The highest BCUT2D eigenvalue weighted by Gasteiger charge is 2.34. The van der Waals surface area contributed by atoms with Crippen molar-refractivity contribution in [3.05, 3.63) is 0 Å². The van der Waals surface area contributed by atoms with Gasteiger partial charge < -0.3 is 15.3 Å². The van der Waals surface area contributed by atoms with Crippen molar-refractivity contribution in [2.45, 2.75) is 37.8 Å². The molecule has 17 heavy (non-hydrogen) atoms. The molecule has 1 saturated heterocycles. The number of carboxylic acids is 1. The zero-order valence-corrected chi connectivity index (χ0v) is 10.5. The van der Waals surface area contributed by atoms with Crippen LogP contribution in [0.2, 0.25) is 0 Å². The van der Waals surface area contributed by atoms with Crippen LogP contribution < -0.4 is 5.32 Å². The summed E-state index contributed by atoms with van der Waals surface area (Å²) < 4.78 is 0. The average Bonchev–Trinajstić information content (AvgIpc) is 3.10. The van der Waals surface area contributed by atoms with Crippen molar-refractivity contribution in [1.82, 2.24) is 10.2 Å². The Bertz CT molecular complexity index is 301. The molecule has 0 unspecified atom stereocenters. The van der Waals surface area contributed by atoms with E-state index in [1.807, 2.05) is 11.8 Å². The second kappa shape index (κ2) is 5.62. The van der Waals surface area contributed by atoms with Crippen LogP contribution in [0.15, 0.2) is 0 Å². The predicted octanol–water partition coefficient (Wildman–Crippen LogP) is 1.14. The summed E-state index contributed by atoms with van der Waals surface area (Å²) in [5.41, 5.74) is 0. The minimum absolute atomic E-state index is 0.143. The first-order chi connectivity index (χ1) is 8.16. The molecular formula is C11H18N2O3S. The molecular weight excluding hydrogens is 240 g/mol. The maximum atomic E-state index is 12.0. The van der Waals surface area contributed by atoms with Crippen molar-refractivity contribution in [1.29, 1.82) is 0 Å². The van der Waals surface area contributed by atoms with Gasteiger partial charge in [-0.15, -0.1) is 0 Å². The van der Waals surface area contributed by atoms with Crippen LogP contribution in [-0.2, 0) is 4.79 Å². The highest BCUT2D eigenvalue weighted by molar-refractivity contribution is 7.99. The van der Waals surface area contributed by atoms with Crippen LogP contribution in [0, 0.1) is 0 Å². The number of urea groups is 1. The first kappa shape index (κ1) is 12.5. The zero-order valence-electron chi connectivity index (χ0n) is 9.72. The summed E-state index contributed by atoms with van der Waals surface area (Å²) in [6.07, 6.45) is 3.84. The van der Waals surface area contributed by atoms with E-state index in [1.165, 1.54) is 4.90 Å². The summed E-state index contributed by atoms with van der Waals surface area (Å²) in [7, 11) is 0. The molecule has 1 saturated carbocycles. The summed E-state index contributed by atoms with van der Waals surface area (Å²) in [6.45, 7) is -0.183. The number of nitrogens with zero attached hydrogens (tertiary/aromatic N) is 1. The summed E-state index contributed by atoms with van der Waals surface area (Å²) in [4.78, 5) is 24.1. The van der Waals surface area contributed by atoms with Gasteiger partial charge in [0.15, 0.2) is 0 Å². The second-order valence-electron chi connectivity index (χ2n) is 4.59. The minimum Gasteiger partial charge on any atom is -0.480 e. The number of hydrogen-bond donors (Lipinski definition) is 2. The van der Waals surface area contributed by atoms with Gasteiger partial charge in [0.1, 0.15) is 6.54 Å². The van der Waals surface area contributed by atoms with Gasteiger partial charge in [0.25, 0.3) is 0 Å². The number of nitrogens with one attached hydrogen (secondary N) is 1. The van der Waals surface area contributed by atoms with Gasteiger partial charge in [-0.05, 0) is 37.2 Å². The number of carboxylic acid groups (broad SMARTS) is 1. The van der Waals surface area contributed by atoms with E-state index in [4.69, 9.17) is 5.11 Å². The van der Waals surface area contributed by atoms with Gasteiger partial charge in [-0.3, -0.25) is 4.79 Å². The normalized spacial score (nSPS) is 20.9. The van der Waals surface area contributed by atoms with Crippen molar-refractivity contribution in [2.24, 2.45) is 0 Å². The van der Waals surface area contributed by atoms with Crippen LogP contribution >= 0.6 is 11.8 Å². The molecule has 2 aliphatic rings. The van der Waals surface area contributed by atoms with E-state index in [0.29, 0.717) is 0 Å². The molecule has 0 aromatic heterocycles. The number of hydrogen-bond acceptors (Lipinski definition) is 3. The molecule has 2 rings (SSSR count). The SMILES string of the molecule is O=C(O)CN(C(=O)NC1CCSCC1)C1CC1. The molecule has 0 atom stereocenters. The molecule has 2 N–H and O–H groups in total. The largest absolute Gasteiger partial charge is 0.480 e. The second-order valence-corrected chi connectivity index (χ2v) is 5.81. The van der Waals surface area contributed by atoms with E-state index in [0.717, 1.165) is 37.2 Å². The highest BCUT2D eigenvalue weighted by atomic mass is 32.2. The maximum Gasteiger partial charge on any atom is 0.323 e. The van der Waals surface area contributed by atoms with Crippen LogP contribution in [-0.4, -0.2) is 52.1 Å². The lowest BCUT2D eigenvalue weighted by atomic mass is 10.1. The molecule has 0 aromatic carbocycles. The quantitative estimate of drug-likeness (QED) is 0.793. The van der Waals surface area contributed by atoms with E-state index in [-0.39, 0.29) is 24.7 Å². The number of carbonyl (C=O) groups is 2. The van der Waals surface area contributed by atoms with Gasteiger partial charge in [0, 0.05) is 12.1 Å². The fraction of sp³-hybridized carbons (Fsp3) is 0.818. The average molecular weight is 258 g/mol. The molecule has 2 amide bonds. The lowest BCUT2D eigenvalue weighted by Gasteiger charge is -2.27. The van der Waals surface area contributed by atoms with Gasteiger partial charge in [0.05, 0.1) is 0 Å². The van der Waals surface area contributed by atoms with Crippen LogP contribution in [0.4, 0.5) is 4.79 Å². The van der Waals surface area contributed by atoms with Gasteiger partial charge in [0.2, 0.25) is 0 Å². The minimum atomic E-state index is -0.939. The Balaban J connectivity index is 1.84. The fourth-order valence-corrected chi connectivity index (χ4v) is 3.10. The molecule has 0 aromatic rings. The molecule has 2 fully saturated rings. The lowest BCUT2D eigenvalue weighted by Crippen LogP contribution is -2.48. The maximum absolute atomic E-state index is 12.0. The topological polar surface area (TPSA) is 69.6 Å². The Morgan fingerprint density at radius 2 is 1.88 bits per heavy atom. The molecule has 96 valence electrons. The Morgan fingerprint density at radius 3 is 2.41 bits per heavy atom. The van der Waals surface area contributed by atoms with Crippen molar-refractivity contribution in [2.75, 3.05) is 18.1 Å². The van der Waals surface area contributed by atoms with Crippen LogP contribution in [0.1, 0.15) is 25.7 Å². The first-order valence-corrected chi connectivity index (χ1v) is 7.19. The van der Waals surface area contributed by atoms with Crippen molar-refractivity contribution in [3.8, 4) is 0 Å². The molecule has 1 heterocycles. The summed E-state index contributed by atoms with van der Waals surface area (Å²) in [5.74, 6) is 1.21. The smallest absolute Gasteiger partial charge is 0.323 e.